The quantitative estimate of drug-likeness (QED) is 0.441. The highest BCUT2D eigenvalue weighted by Gasteiger charge is 2.04. The Morgan fingerprint density at radius 2 is 2.12 bits per heavy atom. The van der Waals surface area contributed by atoms with E-state index in [9.17, 15) is 4.79 Å². The first-order chi connectivity index (χ1) is 8.27. The number of carbonyl (C=O) groups is 1. The predicted molar refractivity (Wildman–Crippen MR) is 65.2 cm³/mol. The number of benzene rings is 1. The van der Waals surface area contributed by atoms with Crippen molar-refractivity contribution in [2.45, 2.75) is 26.2 Å². The molecule has 0 saturated heterocycles. The highest BCUT2D eigenvalue weighted by atomic mass is 16.5. The summed E-state index contributed by atoms with van der Waals surface area (Å²) in [5.41, 5.74) is 0.976. The molecule has 0 aromatic heterocycles. The van der Waals surface area contributed by atoms with Crippen molar-refractivity contribution >= 4 is 5.97 Å². The lowest BCUT2D eigenvalue weighted by Gasteiger charge is -1.99. The standard InChI is InChI=1S/C14H15NO2/c1-2-3-4-5-10-17-14(16)13-8-6-12(11-15)7-9-13/h5-10H,2-4H2,1H3/b10-5+. The summed E-state index contributed by atoms with van der Waals surface area (Å²) in [6.45, 7) is 2.11. The highest BCUT2D eigenvalue weighted by Crippen LogP contribution is 2.05. The Morgan fingerprint density at radius 1 is 1.41 bits per heavy atom. The maximum atomic E-state index is 11.5. The van der Waals surface area contributed by atoms with Crippen LogP contribution in [0.25, 0.3) is 0 Å². The first-order valence-corrected chi connectivity index (χ1v) is 5.64. The minimum atomic E-state index is -0.401. The van der Waals surface area contributed by atoms with Crippen LogP contribution in [0.3, 0.4) is 0 Å². The lowest BCUT2D eigenvalue weighted by atomic mass is 10.1. The summed E-state index contributed by atoms with van der Waals surface area (Å²) in [4.78, 5) is 11.5. The normalized spacial score (nSPS) is 10.1. The minimum Gasteiger partial charge on any atom is -0.431 e. The smallest absolute Gasteiger partial charge is 0.342 e. The van der Waals surface area contributed by atoms with Crippen LogP contribution in [-0.2, 0) is 4.74 Å². The number of carbonyl (C=O) groups excluding carboxylic acids is 1. The SMILES string of the molecule is CCCC/C=C/OC(=O)c1ccc(C#N)cc1. The van der Waals surface area contributed by atoms with Gasteiger partial charge in [0, 0.05) is 0 Å². The number of ether oxygens (including phenoxy) is 1. The van der Waals surface area contributed by atoms with Crippen molar-refractivity contribution < 1.29 is 9.53 Å². The van der Waals surface area contributed by atoms with Crippen LogP contribution < -0.4 is 0 Å². The van der Waals surface area contributed by atoms with Crippen LogP contribution in [-0.4, -0.2) is 5.97 Å². The molecule has 0 N–H and O–H groups in total. The molecule has 1 aromatic rings. The van der Waals surface area contributed by atoms with Crippen molar-refractivity contribution in [3.05, 3.63) is 47.7 Å². The molecule has 17 heavy (non-hydrogen) atoms. The molecule has 0 bridgehead atoms. The summed E-state index contributed by atoms with van der Waals surface area (Å²) in [5.74, 6) is -0.401. The number of rotatable bonds is 5. The summed E-state index contributed by atoms with van der Waals surface area (Å²) in [7, 11) is 0. The summed E-state index contributed by atoms with van der Waals surface area (Å²) in [6, 6.07) is 8.35. The first-order valence-electron chi connectivity index (χ1n) is 5.64. The molecule has 0 aliphatic carbocycles. The third-order valence-corrected chi connectivity index (χ3v) is 2.25. The second-order valence-corrected chi connectivity index (χ2v) is 3.61. The van der Waals surface area contributed by atoms with E-state index in [0.717, 1.165) is 19.3 Å². The highest BCUT2D eigenvalue weighted by molar-refractivity contribution is 5.89. The molecule has 88 valence electrons. The summed E-state index contributed by atoms with van der Waals surface area (Å²) < 4.78 is 4.95. The maximum Gasteiger partial charge on any atom is 0.342 e. The Balaban J connectivity index is 2.47. The van der Waals surface area contributed by atoms with Crippen LogP contribution in [0.5, 0.6) is 0 Å². The maximum absolute atomic E-state index is 11.5. The number of nitriles is 1. The molecule has 1 rings (SSSR count). The van der Waals surface area contributed by atoms with E-state index in [1.165, 1.54) is 6.26 Å². The van der Waals surface area contributed by atoms with Crippen LogP contribution in [0.15, 0.2) is 36.6 Å². The van der Waals surface area contributed by atoms with E-state index in [0.29, 0.717) is 11.1 Å². The Kier molecular flexibility index (Phi) is 5.53. The van der Waals surface area contributed by atoms with Gasteiger partial charge in [0.1, 0.15) is 0 Å². The van der Waals surface area contributed by atoms with E-state index in [2.05, 4.69) is 6.92 Å². The number of nitrogens with zero attached hydrogens (tertiary/aromatic N) is 1. The van der Waals surface area contributed by atoms with Crippen LogP contribution in [0.2, 0.25) is 0 Å². The van der Waals surface area contributed by atoms with Crippen molar-refractivity contribution in [2.24, 2.45) is 0 Å². The van der Waals surface area contributed by atoms with Crippen molar-refractivity contribution in [1.29, 1.82) is 5.26 Å². The van der Waals surface area contributed by atoms with Crippen molar-refractivity contribution in [2.75, 3.05) is 0 Å². The molecule has 3 heteroatoms. The lowest BCUT2D eigenvalue weighted by Crippen LogP contribution is -2.00. The molecule has 0 saturated carbocycles. The Hall–Kier alpha value is -2.08. The van der Waals surface area contributed by atoms with Crippen LogP contribution in [0, 0.1) is 11.3 Å². The molecule has 0 aliphatic heterocycles. The number of hydrogen-bond acceptors (Lipinski definition) is 3. The molecule has 0 amide bonds. The fraction of sp³-hybridized carbons (Fsp3) is 0.286. The van der Waals surface area contributed by atoms with Gasteiger partial charge in [-0.25, -0.2) is 4.79 Å². The third-order valence-electron chi connectivity index (χ3n) is 2.25. The molecule has 3 nitrogen and oxygen atoms in total. The van der Waals surface area contributed by atoms with E-state index in [4.69, 9.17) is 10.00 Å². The number of esters is 1. The zero-order valence-electron chi connectivity index (χ0n) is 9.85. The topological polar surface area (TPSA) is 50.1 Å². The van der Waals surface area contributed by atoms with E-state index in [1.54, 1.807) is 24.3 Å². The molecule has 0 radical (unpaired) electrons. The summed E-state index contributed by atoms with van der Waals surface area (Å²) in [6.07, 6.45) is 6.39. The van der Waals surface area contributed by atoms with Gasteiger partial charge in [0.05, 0.1) is 23.5 Å². The van der Waals surface area contributed by atoms with Crippen LogP contribution in [0.4, 0.5) is 0 Å². The Labute approximate surface area is 101 Å². The summed E-state index contributed by atoms with van der Waals surface area (Å²) in [5, 5.41) is 8.61. The monoisotopic (exact) mass is 229 g/mol. The minimum absolute atomic E-state index is 0.401. The van der Waals surface area contributed by atoms with E-state index in [1.807, 2.05) is 12.1 Å². The average Bonchev–Trinajstić information content (AvgIpc) is 2.38. The van der Waals surface area contributed by atoms with Gasteiger partial charge in [0.2, 0.25) is 0 Å². The molecule has 0 atom stereocenters. The van der Waals surface area contributed by atoms with Crippen molar-refractivity contribution in [3.63, 3.8) is 0 Å². The predicted octanol–water partition coefficient (Wildman–Crippen LogP) is 3.42. The molecule has 0 spiro atoms. The summed E-state index contributed by atoms with van der Waals surface area (Å²) >= 11 is 0. The second kappa shape index (κ2) is 7.24. The molecule has 0 heterocycles. The fourth-order valence-corrected chi connectivity index (χ4v) is 1.25. The lowest BCUT2D eigenvalue weighted by molar-refractivity contribution is 0.0662. The van der Waals surface area contributed by atoms with Gasteiger partial charge in [-0.1, -0.05) is 13.3 Å². The number of unbranched alkanes of at least 4 members (excludes halogenated alkanes) is 2. The third kappa shape index (κ3) is 4.52. The van der Waals surface area contributed by atoms with Crippen LogP contribution in [0.1, 0.15) is 42.1 Å². The Morgan fingerprint density at radius 3 is 2.71 bits per heavy atom. The Bertz CT molecular complexity index is 427. The van der Waals surface area contributed by atoms with Gasteiger partial charge in [-0.05, 0) is 43.2 Å². The van der Waals surface area contributed by atoms with Crippen molar-refractivity contribution in [3.8, 4) is 6.07 Å². The molecular formula is C14H15NO2. The van der Waals surface area contributed by atoms with Crippen LogP contribution >= 0.6 is 0 Å². The number of allylic oxidation sites excluding steroid dienone is 1. The largest absolute Gasteiger partial charge is 0.431 e. The second-order valence-electron chi connectivity index (χ2n) is 3.61. The molecule has 1 aromatic carbocycles. The van der Waals surface area contributed by atoms with Gasteiger partial charge < -0.3 is 4.74 Å². The zero-order valence-corrected chi connectivity index (χ0v) is 9.85. The molecule has 0 fully saturated rings. The van der Waals surface area contributed by atoms with Gasteiger partial charge in [-0.2, -0.15) is 5.26 Å². The number of hydrogen-bond donors (Lipinski definition) is 0. The van der Waals surface area contributed by atoms with E-state index < -0.39 is 5.97 Å². The van der Waals surface area contributed by atoms with Gasteiger partial charge in [0.15, 0.2) is 0 Å². The van der Waals surface area contributed by atoms with Gasteiger partial charge in [-0.15, -0.1) is 0 Å². The fourth-order valence-electron chi connectivity index (χ4n) is 1.25. The molecule has 0 aliphatic rings. The van der Waals surface area contributed by atoms with E-state index in [-0.39, 0.29) is 0 Å². The zero-order chi connectivity index (χ0) is 12.5. The first kappa shape index (κ1) is 13.0. The van der Waals surface area contributed by atoms with E-state index >= 15 is 0 Å². The molecular weight excluding hydrogens is 214 g/mol. The molecule has 0 unspecified atom stereocenters. The van der Waals surface area contributed by atoms with Crippen molar-refractivity contribution in [1.82, 2.24) is 0 Å². The van der Waals surface area contributed by atoms with Gasteiger partial charge >= 0.3 is 5.97 Å². The van der Waals surface area contributed by atoms with Gasteiger partial charge in [-0.3, -0.25) is 0 Å². The van der Waals surface area contributed by atoms with Gasteiger partial charge in [0.25, 0.3) is 0 Å². The average molecular weight is 229 g/mol.